The van der Waals surface area contributed by atoms with Gasteiger partial charge in [-0.15, -0.1) is 0 Å². The predicted molar refractivity (Wildman–Crippen MR) is 77.8 cm³/mol. The van der Waals surface area contributed by atoms with Crippen molar-refractivity contribution in [1.82, 2.24) is 4.90 Å². The van der Waals surface area contributed by atoms with Crippen molar-refractivity contribution >= 4 is 5.91 Å². The highest BCUT2D eigenvalue weighted by atomic mass is 16.5. The molecule has 4 heteroatoms. The molecule has 20 heavy (non-hydrogen) atoms. The number of hydrogen-bond acceptors (Lipinski definition) is 3. The number of hydrogen-bond donors (Lipinski definition) is 1. The summed E-state index contributed by atoms with van der Waals surface area (Å²) >= 11 is 0. The molecule has 4 nitrogen and oxygen atoms in total. The van der Waals surface area contributed by atoms with Gasteiger partial charge in [0.15, 0.2) is 0 Å². The number of amides is 1. The zero-order valence-corrected chi connectivity index (χ0v) is 12.4. The van der Waals surface area contributed by atoms with Crippen LogP contribution in [0.4, 0.5) is 0 Å². The van der Waals surface area contributed by atoms with Crippen LogP contribution in [0.2, 0.25) is 0 Å². The van der Waals surface area contributed by atoms with Crippen LogP contribution in [0.5, 0.6) is 5.75 Å². The van der Waals surface area contributed by atoms with Crippen molar-refractivity contribution in [1.29, 1.82) is 0 Å². The second kappa shape index (κ2) is 5.83. The maximum Gasteiger partial charge on any atom is 0.232 e. The van der Waals surface area contributed by atoms with Crippen LogP contribution in [-0.4, -0.2) is 42.2 Å². The molecule has 2 rings (SSSR count). The minimum absolute atomic E-state index is 0.0708. The number of methoxy groups -OCH3 is 1. The predicted octanol–water partition coefficient (Wildman–Crippen LogP) is 1.96. The molecule has 1 aromatic carbocycles. The Kier molecular flexibility index (Phi) is 4.33. The molecule has 1 aliphatic heterocycles. The van der Waals surface area contributed by atoms with Gasteiger partial charge in [0.2, 0.25) is 5.91 Å². The number of aliphatic hydroxyl groups is 1. The molecule has 1 fully saturated rings. The fourth-order valence-corrected chi connectivity index (χ4v) is 2.67. The highest BCUT2D eigenvalue weighted by Gasteiger charge is 2.35. The summed E-state index contributed by atoms with van der Waals surface area (Å²) in [6.45, 7) is 5.03. The average Bonchev–Trinajstić information content (AvgIpc) is 2.46. The minimum Gasteiger partial charge on any atom is -0.497 e. The van der Waals surface area contributed by atoms with Gasteiger partial charge in [0.25, 0.3) is 0 Å². The Morgan fingerprint density at radius 3 is 2.55 bits per heavy atom. The van der Waals surface area contributed by atoms with Crippen molar-refractivity contribution in [3.8, 4) is 5.75 Å². The van der Waals surface area contributed by atoms with Gasteiger partial charge in [-0.2, -0.15) is 0 Å². The third-order valence-corrected chi connectivity index (χ3v) is 4.03. The van der Waals surface area contributed by atoms with Crippen LogP contribution in [0, 0.1) is 0 Å². The molecule has 0 radical (unpaired) electrons. The lowest BCUT2D eigenvalue weighted by Crippen LogP contribution is -2.49. The Balaban J connectivity index is 2.17. The molecule has 0 aromatic heterocycles. The Labute approximate surface area is 120 Å². The van der Waals surface area contributed by atoms with E-state index in [2.05, 4.69) is 0 Å². The first-order valence-electron chi connectivity index (χ1n) is 7.07. The first-order valence-corrected chi connectivity index (χ1v) is 7.07. The van der Waals surface area contributed by atoms with Gasteiger partial charge in [-0.25, -0.2) is 0 Å². The highest BCUT2D eigenvalue weighted by Crippen LogP contribution is 2.28. The van der Waals surface area contributed by atoms with Crippen molar-refractivity contribution in [2.45, 2.75) is 38.2 Å². The van der Waals surface area contributed by atoms with Crippen LogP contribution in [0.1, 0.15) is 32.3 Å². The zero-order chi connectivity index (χ0) is 14.8. The van der Waals surface area contributed by atoms with E-state index in [1.165, 1.54) is 0 Å². The first-order chi connectivity index (χ1) is 9.45. The summed E-state index contributed by atoms with van der Waals surface area (Å²) in [7, 11) is 1.63. The molecule has 0 aliphatic carbocycles. The molecule has 0 bridgehead atoms. The third kappa shape index (κ3) is 2.96. The first kappa shape index (κ1) is 14.9. The number of nitrogens with zero attached hydrogens (tertiary/aromatic N) is 1. The van der Waals surface area contributed by atoms with Gasteiger partial charge in [0.1, 0.15) is 5.75 Å². The lowest BCUT2D eigenvalue weighted by Gasteiger charge is -2.36. The van der Waals surface area contributed by atoms with E-state index in [4.69, 9.17) is 4.74 Å². The number of carbonyl (C=O) groups is 1. The zero-order valence-electron chi connectivity index (χ0n) is 12.4. The second-order valence-electron chi connectivity index (χ2n) is 5.90. The monoisotopic (exact) mass is 277 g/mol. The van der Waals surface area contributed by atoms with Crippen LogP contribution in [0.15, 0.2) is 24.3 Å². The normalized spacial score (nSPS) is 19.8. The maximum atomic E-state index is 12.7. The molecule has 1 heterocycles. The lowest BCUT2D eigenvalue weighted by atomic mass is 9.82. The van der Waals surface area contributed by atoms with Crippen molar-refractivity contribution < 1.29 is 14.6 Å². The van der Waals surface area contributed by atoms with Gasteiger partial charge in [-0.05, 0) is 44.4 Å². The topological polar surface area (TPSA) is 49.8 Å². The van der Waals surface area contributed by atoms with E-state index < -0.39 is 5.41 Å². The molecule has 1 unspecified atom stereocenters. The number of ether oxygens (including phenoxy) is 1. The van der Waals surface area contributed by atoms with Gasteiger partial charge in [-0.1, -0.05) is 12.1 Å². The Bertz CT molecular complexity index is 467. The fraction of sp³-hybridized carbons (Fsp3) is 0.562. The molecule has 1 atom stereocenters. The molecular weight excluding hydrogens is 254 g/mol. The number of rotatable bonds is 3. The molecule has 1 aliphatic rings. The maximum absolute atomic E-state index is 12.7. The third-order valence-electron chi connectivity index (χ3n) is 4.03. The smallest absolute Gasteiger partial charge is 0.232 e. The minimum atomic E-state index is -0.594. The summed E-state index contributed by atoms with van der Waals surface area (Å²) in [4.78, 5) is 14.5. The molecule has 0 spiro atoms. The van der Waals surface area contributed by atoms with E-state index in [0.717, 1.165) is 30.7 Å². The molecule has 1 saturated heterocycles. The number of benzene rings is 1. The van der Waals surface area contributed by atoms with E-state index in [-0.39, 0.29) is 12.0 Å². The van der Waals surface area contributed by atoms with E-state index in [1.54, 1.807) is 12.0 Å². The Morgan fingerprint density at radius 2 is 2.00 bits per heavy atom. The number of carbonyl (C=O) groups excluding carboxylic acids is 1. The summed E-state index contributed by atoms with van der Waals surface area (Å²) in [5.74, 6) is 0.854. The van der Waals surface area contributed by atoms with Crippen molar-refractivity contribution in [3.63, 3.8) is 0 Å². The van der Waals surface area contributed by atoms with Crippen LogP contribution in [0.3, 0.4) is 0 Å². The van der Waals surface area contributed by atoms with E-state index >= 15 is 0 Å². The number of β-amino-alcohol motifs (C(OH)–C–C–N with tert-alkyl or cyclic N) is 1. The van der Waals surface area contributed by atoms with Gasteiger partial charge < -0.3 is 14.7 Å². The summed E-state index contributed by atoms with van der Waals surface area (Å²) in [5, 5.41) is 9.72. The van der Waals surface area contributed by atoms with E-state index in [9.17, 15) is 9.90 Å². The number of piperidine rings is 1. The summed E-state index contributed by atoms with van der Waals surface area (Å²) < 4.78 is 5.14. The Morgan fingerprint density at radius 1 is 1.35 bits per heavy atom. The average molecular weight is 277 g/mol. The van der Waals surface area contributed by atoms with E-state index in [0.29, 0.717) is 6.54 Å². The van der Waals surface area contributed by atoms with Crippen molar-refractivity contribution in [3.05, 3.63) is 29.8 Å². The van der Waals surface area contributed by atoms with Gasteiger partial charge in [-0.3, -0.25) is 4.79 Å². The molecule has 1 aromatic rings. The standard InChI is InChI=1S/C16H23NO3/c1-16(2,12-6-8-14(20-3)9-7-12)15(19)17-10-4-5-13(18)11-17/h6-9,13,18H,4-5,10-11H2,1-3H3. The van der Waals surface area contributed by atoms with Crippen molar-refractivity contribution in [2.75, 3.05) is 20.2 Å². The molecule has 1 amide bonds. The van der Waals surface area contributed by atoms with Crippen LogP contribution >= 0.6 is 0 Å². The number of aliphatic hydroxyl groups excluding tert-OH is 1. The van der Waals surface area contributed by atoms with Crippen molar-refractivity contribution in [2.24, 2.45) is 0 Å². The second-order valence-corrected chi connectivity index (χ2v) is 5.90. The fourth-order valence-electron chi connectivity index (χ4n) is 2.67. The summed E-state index contributed by atoms with van der Waals surface area (Å²) in [6.07, 6.45) is 1.26. The molecule has 1 N–H and O–H groups in total. The quantitative estimate of drug-likeness (QED) is 0.919. The van der Waals surface area contributed by atoms with E-state index in [1.807, 2.05) is 38.1 Å². The molecule has 110 valence electrons. The molecular formula is C16H23NO3. The summed E-state index contributed by atoms with van der Waals surface area (Å²) in [6, 6.07) is 7.60. The van der Waals surface area contributed by atoms with Crippen LogP contribution in [-0.2, 0) is 10.2 Å². The largest absolute Gasteiger partial charge is 0.497 e. The van der Waals surface area contributed by atoms with Gasteiger partial charge in [0.05, 0.1) is 18.6 Å². The van der Waals surface area contributed by atoms with Crippen LogP contribution < -0.4 is 4.74 Å². The molecule has 0 saturated carbocycles. The van der Waals surface area contributed by atoms with Gasteiger partial charge >= 0.3 is 0 Å². The highest BCUT2D eigenvalue weighted by molar-refractivity contribution is 5.87. The SMILES string of the molecule is COc1ccc(C(C)(C)C(=O)N2CCCC(O)C2)cc1. The van der Waals surface area contributed by atoms with Crippen LogP contribution in [0.25, 0.3) is 0 Å². The Hall–Kier alpha value is -1.55. The number of likely N-dealkylation sites (tertiary alicyclic amines) is 1. The van der Waals surface area contributed by atoms with Gasteiger partial charge in [0, 0.05) is 13.1 Å². The summed E-state index contributed by atoms with van der Waals surface area (Å²) in [5.41, 5.74) is 0.368. The lowest BCUT2D eigenvalue weighted by molar-refractivity contribution is -0.139.